The average molecular weight is 522 g/mol. The molecule has 1 aromatic carbocycles. The van der Waals surface area contributed by atoms with E-state index in [-0.39, 0.29) is 6.09 Å². The van der Waals surface area contributed by atoms with E-state index >= 15 is 0 Å². The number of rotatable bonds is 9. The van der Waals surface area contributed by atoms with E-state index in [1.807, 2.05) is 39.0 Å². The zero-order valence-corrected chi connectivity index (χ0v) is 23.0. The first kappa shape index (κ1) is 26.3. The zero-order valence-electron chi connectivity index (χ0n) is 23.0. The van der Waals surface area contributed by atoms with Crippen molar-refractivity contribution in [3.63, 3.8) is 0 Å². The highest BCUT2D eigenvalue weighted by Gasteiger charge is 2.27. The molecule has 1 saturated carbocycles. The molecule has 0 atom stereocenters. The van der Waals surface area contributed by atoms with Crippen LogP contribution in [0.5, 0.6) is 5.75 Å². The summed E-state index contributed by atoms with van der Waals surface area (Å²) in [7, 11) is 1.74. The Balaban J connectivity index is 1.27. The van der Waals surface area contributed by atoms with Gasteiger partial charge in [0.05, 0.1) is 24.4 Å². The van der Waals surface area contributed by atoms with Crippen molar-refractivity contribution in [2.45, 2.75) is 71.4 Å². The molecule has 9 nitrogen and oxygen atoms in total. The van der Waals surface area contributed by atoms with Gasteiger partial charge in [-0.15, -0.1) is 5.10 Å². The summed E-state index contributed by atoms with van der Waals surface area (Å²) in [6.07, 6.45) is 7.90. The minimum Gasteiger partial charge on any atom is -0.493 e. The van der Waals surface area contributed by atoms with Crippen molar-refractivity contribution in [3.05, 3.63) is 41.7 Å². The van der Waals surface area contributed by atoms with E-state index in [0.29, 0.717) is 30.6 Å². The van der Waals surface area contributed by atoms with Crippen LogP contribution in [-0.2, 0) is 17.7 Å². The van der Waals surface area contributed by atoms with E-state index in [4.69, 9.17) is 14.0 Å². The highest BCUT2D eigenvalue weighted by atomic mass is 16.6. The van der Waals surface area contributed by atoms with Gasteiger partial charge in [0.25, 0.3) is 0 Å². The molecule has 2 aliphatic rings. The Morgan fingerprint density at radius 2 is 1.92 bits per heavy atom. The third-order valence-electron chi connectivity index (χ3n) is 7.33. The number of aromatic nitrogens is 3. The number of aryl methyl sites for hydroxylation is 1. The van der Waals surface area contributed by atoms with Gasteiger partial charge in [-0.3, -0.25) is 0 Å². The molecule has 3 heterocycles. The van der Waals surface area contributed by atoms with E-state index in [1.54, 1.807) is 18.1 Å². The molecular formula is C29H39N5O4. The molecule has 38 heavy (non-hydrogen) atoms. The lowest BCUT2D eigenvalue weighted by atomic mass is 9.91. The van der Waals surface area contributed by atoms with E-state index in [1.165, 1.54) is 12.8 Å². The first-order valence-electron chi connectivity index (χ1n) is 13.8. The summed E-state index contributed by atoms with van der Waals surface area (Å²) in [6, 6.07) is 8.02. The van der Waals surface area contributed by atoms with E-state index in [9.17, 15) is 4.79 Å². The number of ether oxygens (including phenoxy) is 2. The molecule has 1 aliphatic carbocycles. The number of amides is 1. The maximum Gasteiger partial charge on any atom is 0.410 e. The van der Waals surface area contributed by atoms with E-state index in [2.05, 4.69) is 26.3 Å². The van der Waals surface area contributed by atoms with Gasteiger partial charge in [0.15, 0.2) is 11.4 Å². The summed E-state index contributed by atoms with van der Waals surface area (Å²) in [6.45, 7) is 8.59. The lowest BCUT2D eigenvalue weighted by Gasteiger charge is -2.32. The Bertz CT molecular complexity index is 1230. The molecule has 9 heteroatoms. The molecule has 0 spiro atoms. The van der Waals surface area contributed by atoms with E-state index < -0.39 is 5.60 Å². The number of carbonyl (C=O) groups is 1. The first-order chi connectivity index (χ1) is 18.3. The summed E-state index contributed by atoms with van der Waals surface area (Å²) < 4.78 is 17.7. The van der Waals surface area contributed by atoms with Crippen LogP contribution in [0.2, 0.25) is 0 Å². The Morgan fingerprint density at radius 3 is 2.61 bits per heavy atom. The summed E-state index contributed by atoms with van der Waals surface area (Å²) in [5.41, 5.74) is 1.94. The summed E-state index contributed by atoms with van der Waals surface area (Å²) in [5.74, 6) is 2.96. The lowest BCUT2D eigenvalue weighted by Crippen LogP contribution is -2.34. The first-order valence-corrected chi connectivity index (χ1v) is 13.8. The Kier molecular flexibility index (Phi) is 7.72. The standard InChI is InChI=1S/C29H39N5O4/c1-29(2,3)37-28(35)33(4)18-23-25(36-19-21-7-8-21)12-10-22-24(32-38-27(22)23)11-9-20-13-16-34(17-14-20)26-6-5-15-30-31-26/h5-6,10,12,15,20-21H,7-9,11,13-14,16-19H2,1-4H3. The smallest absolute Gasteiger partial charge is 0.410 e. The highest BCUT2D eigenvalue weighted by Crippen LogP contribution is 2.35. The average Bonchev–Trinajstić information content (AvgIpc) is 3.64. The number of benzene rings is 1. The SMILES string of the molecule is CN(Cc1c(OCC2CC2)ccc2c(CCC3CCN(c4cccnn4)CC3)noc12)C(=O)OC(C)(C)C. The Labute approximate surface area is 224 Å². The minimum absolute atomic E-state index is 0.321. The molecule has 1 saturated heterocycles. The van der Waals surface area contributed by atoms with Crippen LogP contribution in [-0.4, -0.2) is 58.7 Å². The quantitative estimate of drug-likeness (QED) is 0.358. The molecule has 2 fully saturated rings. The number of hydrogen-bond donors (Lipinski definition) is 0. The van der Waals surface area contributed by atoms with Crippen LogP contribution in [0.25, 0.3) is 11.0 Å². The molecule has 1 aliphatic heterocycles. The number of nitrogens with zero attached hydrogens (tertiary/aromatic N) is 5. The zero-order chi connectivity index (χ0) is 26.7. The minimum atomic E-state index is -0.563. The third-order valence-corrected chi connectivity index (χ3v) is 7.33. The largest absolute Gasteiger partial charge is 0.493 e. The van der Waals surface area contributed by atoms with Gasteiger partial charge in [0.1, 0.15) is 11.4 Å². The monoisotopic (exact) mass is 521 g/mol. The fraction of sp³-hybridized carbons (Fsp3) is 0.586. The number of carbonyl (C=O) groups excluding carboxylic acids is 1. The fourth-order valence-electron chi connectivity index (χ4n) is 4.94. The molecule has 3 aromatic rings. The van der Waals surface area contributed by atoms with Crippen LogP contribution in [0, 0.1) is 11.8 Å². The van der Waals surface area contributed by atoms with Crippen molar-refractivity contribution >= 4 is 22.9 Å². The normalized spacial score (nSPS) is 16.6. The van der Waals surface area contributed by atoms with Crippen molar-refractivity contribution < 1.29 is 18.8 Å². The molecule has 5 rings (SSSR count). The highest BCUT2D eigenvalue weighted by molar-refractivity contribution is 5.85. The molecule has 0 bridgehead atoms. The number of piperidine rings is 1. The molecule has 0 unspecified atom stereocenters. The van der Waals surface area contributed by atoms with Gasteiger partial charge < -0.3 is 23.8 Å². The maximum absolute atomic E-state index is 12.7. The van der Waals surface area contributed by atoms with Gasteiger partial charge in [-0.25, -0.2) is 4.79 Å². The fourth-order valence-corrected chi connectivity index (χ4v) is 4.94. The maximum atomic E-state index is 12.7. The second kappa shape index (κ2) is 11.2. The van der Waals surface area contributed by atoms with Crippen LogP contribution in [0.3, 0.4) is 0 Å². The lowest BCUT2D eigenvalue weighted by molar-refractivity contribution is 0.0284. The predicted octanol–water partition coefficient (Wildman–Crippen LogP) is 5.62. The van der Waals surface area contributed by atoms with E-state index in [0.717, 1.165) is 67.0 Å². The molecule has 0 radical (unpaired) electrons. The van der Waals surface area contributed by atoms with Crippen LogP contribution >= 0.6 is 0 Å². The Hall–Kier alpha value is -3.36. The van der Waals surface area contributed by atoms with Crippen LogP contribution < -0.4 is 9.64 Å². The van der Waals surface area contributed by atoms with Crippen molar-refractivity contribution in [2.24, 2.45) is 11.8 Å². The Morgan fingerprint density at radius 1 is 1.13 bits per heavy atom. The van der Waals surface area contributed by atoms with Crippen LogP contribution in [0.4, 0.5) is 10.6 Å². The number of anilines is 1. The van der Waals surface area contributed by atoms with Crippen LogP contribution in [0.15, 0.2) is 35.0 Å². The second-order valence-electron chi connectivity index (χ2n) is 11.7. The summed E-state index contributed by atoms with van der Waals surface area (Å²) in [4.78, 5) is 16.6. The molecule has 204 valence electrons. The molecule has 2 aromatic heterocycles. The summed E-state index contributed by atoms with van der Waals surface area (Å²) >= 11 is 0. The van der Waals surface area contributed by atoms with Gasteiger partial charge in [0.2, 0.25) is 0 Å². The van der Waals surface area contributed by atoms with Gasteiger partial charge in [-0.1, -0.05) is 5.16 Å². The topological polar surface area (TPSA) is 93.8 Å². The molecular weight excluding hydrogens is 482 g/mol. The van der Waals surface area contributed by atoms with Gasteiger partial charge in [0, 0.05) is 31.7 Å². The third kappa shape index (κ3) is 6.55. The molecule has 1 amide bonds. The van der Waals surface area contributed by atoms with Crippen molar-refractivity contribution in [1.29, 1.82) is 0 Å². The van der Waals surface area contributed by atoms with Gasteiger partial charge in [-0.05, 0) is 95.4 Å². The van der Waals surface area contributed by atoms with Crippen LogP contribution in [0.1, 0.15) is 64.1 Å². The molecule has 0 N–H and O–H groups in total. The van der Waals surface area contributed by atoms with Crippen molar-refractivity contribution in [3.8, 4) is 5.75 Å². The predicted molar refractivity (Wildman–Crippen MR) is 145 cm³/mol. The van der Waals surface area contributed by atoms with Gasteiger partial charge in [-0.2, -0.15) is 5.10 Å². The number of hydrogen-bond acceptors (Lipinski definition) is 8. The van der Waals surface area contributed by atoms with Crippen molar-refractivity contribution in [2.75, 3.05) is 31.6 Å². The number of fused-ring (bicyclic) bond motifs is 1. The van der Waals surface area contributed by atoms with Gasteiger partial charge >= 0.3 is 6.09 Å². The van der Waals surface area contributed by atoms with Crippen molar-refractivity contribution in [1.82, 2.24) is 20.3 Å². The second-order valence-corrected chi connectivity index (χ2v) is 11.7. The summed E-state index contributed by atoms with van der Waals surface area (Å²) in [5, 5.41) is 13.7.